The highest BCUT2D eigenvalue weighted by molar-refractivity contribution is 5.89. The maximum Gasteiger partial charge on any atom is 0.418 e. The van der Waals surface area contributed by atoms with Crippen molar-refractivity contribution >= 4 is 5.97 Å². The van der Waals surface area contributed by atoms with Gasteiger partial charge in [-0.3, -0.25) is 0 Å². The summed E-state index contributed by atoms with van der Waals surface area (Å²) in [7, 11) is 0. The number of rotatable bonds is 3. The molecule has 1 aromatic heterocycles. The Bertz CT molecular complexity index is 563. The molecule has 20 heavy (non-hydrogen) atoms. The maximum atomic E-state index is 12.9. The zero-order valence-electron chi connectivity index (χ0n) is 9.96. The second-order valence-corrected chi connectivity index (χ2v) is 3.44. The average Bonchev–Trinajstić information content (AvgIpc) is 2.35. The topological polar surface area (TPSA) is 63.0 Å². The lowest BCUT2D eigenvalue weighted by atomic mass is 10.0. The van der Waals surface area contributed by atoms with E-state index in [1.807, 2.05) is 0 Å². The summed E-state index contributed by atoms with van der Waals surface area (Å²) in [5.74, 6) is -1.40. The summed E-state index contributed by atoms with van der Waals surface area (Å²) >= 11 is 0. The van der Waals surface area contributed by atoms with Crippen molar-refractivity contribution in [1.82, 2.24) is 4.98 Å². The number of ether oxygens (including phenoxy) is 1. The van der Waals surface area contributed by atoms with E-state index in [2.05, 4.69) is 9.72 Å². The highest BCUT2D eigenvalue weighted by Gasteiger charge is 2.41. The van der Waals surface area contributed by atoms with E-state index in [9.17, 15) is 26.7 Å². The minimum absolute atomic E-state index is 0.218. The Morgan fingerprint density at radius 3 is 2.50 bits per heavy atom. The number of nitriles is 1. The lowest BCUT2D eigenvalue weighted by Gasteiger charge is -2.16. The lowest BCUT2D eigenvalue weighted by Crippen LogP contribution is -2.19. The van der Waals surface area contributed by atoms with Crippen molar-refractivity contribution in [2.45, 2.75) is 19.5 Å². The van der Waals surface area contributed by atoms with Crippen LogP contribution in [-0.4, -0.2) is 17.6 Å². The summed E-state index contributed by atoms with van der Waals surface area (Å²) in [4.78, 5) is 14.6. The summed E-state index contributed by atoms with van der Waals surface area (Å²) in [5, 5.41) is 8.57. The molecule has 0 saturated heterocycles. The molecule has 0 fully saturated rings. The number of aromatic nitrogens is 1. The number of pyridine rings is 1. The highest BCUT2D eigenvalue weighted by Crippen LogP contribution is 2.39. The molecule has 9 heteroatoms. The van der Waals surface area contributed by atoms with Gasteiger partial charge in [0.25, 0.3) is 6.43 Å². The number of carbonyl (C=O) groups excluding carboxylic acids is 1. The van der Waals surface area contributed by atoms with Crippen LogP contribution < -0.4 is 0 Å². The van der Waals surface area contributed by atoms with Gasteiger partial charge in [-0.05, 0) is 6.92 Å². The van der Waals surface area contributed by atoms with Crippen molar-refractivity contribution in [1.29, 1.82) is 5.26 Å². The van der Waals surface area contributed by atoms with Gasteiger partial charge in [0.1, 0.15) is 6.07 Å². The van der Waals surface area contributed by atoms with Gasteiger partial charge in [0, 0.05) is 6.20 Å². The minimum atomic E-state index is -5.22. The number of esters is 1. The molecular formula is C11H7F5N2O2. The van der Waals surface area contributed by atoms with Crippen LogP contribution in [-0.2, 0) is 10.9 Å². The first-order valence-electron chi connectivity index (χ1n) is 5.19. The van der Waals surface area contributed by atoms with Gasteiger partial charge in [0.2, 0.25) is 0 Å². The summed E-state index contributed by atoms with van der Waals surface area (Å²) in [6.07, 6.45) is -8.44. The molecule has 0 radical (unpaired) electrons. The minimum Gasteiger partial charge on any atom is -0.461 e. The molecule has 0 aliphatic heterocycles. The van der Waals surface area contributed by atoms with E-state index in [0.717, 1.165) is 6.07 Å². The second kappa shape index (κ2) is 5.81. The largest absolute Gasteiger partial charge is 0.461 e. The van der Waals surface area contributed by atoms with Crippen molar-refractivity contribution in [3.05, 3.63) is 28.6 Å². The Morgan fingerprint density at radius 2 is 2.10 bits per heavy atom. The van der Waals surface area contributed by atoms with Gasteiger partial charge in [-0.25, -0.2) is 18.6 Å². The van der Waals surface area contributed by atoms with E-state index < -0.39 is 41.0 Å². The molecule has 0 saturated carbocycles. The maximum absolute atomic E-state index is 12.9. The van der Waals surface area contributed by atoms with Gasteiger partial charge in [-0.1, -0.05) is 0 Å². The van der Waals surface area contributed by atoms with Gasteiger partial charge in [0.05, 0.1) is 23.3 Å². The fourth-order valence-corrected chi connectivity index (χ4v) is 1.49. The van der Waals surface area contributed by atoms with Crippen LogP contribution in [0.3, 0.4) is 0 Å². The van der Waals surface area contributed by atoms with E-state index in [1.165, 1.54) is 6.92 Å². The molecule has 1 rings (SSSR count). The predicted molar refractivity (Wildman–Crippen MR) is 54.9 cm³/mol. The first kappa shape index (κ1) is 15.8. The Kier molecular flexibility index (Phi) is 4.60. The molecule has 0 spiro atoms. The fourth-order valence-electron chi connectivity index (χ4n) is 1.49. The molecule has 0 N–H and O–H groups in total. The molecular weight excluding hydrogens is 287 g/mol. The summed E-state index contributed by atoms with van der Waals surface area (Å²) < 4.78 is 68.6. The second-order valence-electron chi connectivity index (χ2n) is 3.44. The third-order valence-electron chi connectivity index (χ3n) is 2.21. The lowest BCUT2D eigenvalue weighted by molar-refractivity contribution is -0.139. The summed E-state index contributed by atoms with van der Waals surface area (Å²) in [5.41, 5.74) is -5.74. The molecule has 0 aromatic carbocycles. The average molecular weight is 294 g/mol. The fraction of sp³-hybridized carbons (Fsp3) is 0.364. The molecule has 0 amide bonds. The Morgan fingerprint density at radius 1 is 1.50 bits per heavy atom. The van der Waals surface area contributed by atoms with Crippen molar-refractivity contribution < 1.29 is 31.5 Å². The first-order valence-corrected chi connectivity index (χ1v) is 5.19. The molecule has 1 aromatic rings. The quantitative estimate of drug-likeness (QED) is 0.635. The van der Waals surface area contributed by atoms with Crippen LogP contribution in [0, 0.1) is 11.3 Å². The third-order valence-corrected chi connectivity index (χ3v) is 2.21. The van der Waals surface area contributed by atoms with Gasteiger partial charge >= 0.3 is 12.1 Å². The number of hydrogen-bond donors (Lipinski definition) is 0. The smallest absolute Gasteiger partial charge is 0.418 e. The molecule has 108 valence electrons. The first-order chi connectivity index (χ1) is 9.23. The molecule has 4 nitrogen and oxygen atoms in total. The van der Waals surface area contributed by atoms with Gasteiger partial charge in [-0.2, -0.15) is 18.4 Å². The SMILES string of the molecule is CCOC(=O)c1ncc(C#N)c(C(F)(F)F)c1C(F)F. The standard InChI is InChI=1S/C11H7F5N2O2/c1-2-20-10(19)8-6(9(12)13)7(11(14,15)16)5(3-17)4-18-8/h4,9H,2H2,1H3. The third kappa shape index (κ3) is 3.01. The zero-order chi connectivity index (χ0) is 15.5. The monoisotopic (exact) mass is 294 g/mol. The highest BCUT2D eigenvalue weighted by atomic mass is 19.4. The van der Waals surface area contributed by atoms with Crippen LogP contribution in [0.5, 0.6) is 0 Å². The van der Waals surface area contributed by atoms with Crippen LogP contribution in [0.1, 0.15) is 40.5 Å². The van der Waals surface area contributed by atoms with E-state index in [-0.39, 0.29) is 6.61 Å². The van der Waals surface area contributed by atoms with E-state index in [4.69, 9.17) is 5.26 Å². The van der Waals surface area contributed by atoms with Crippen molar-refractivity contribution in [2.75, 3.05) is 6.61 Å². The Balaban J connectivity index is 3.66. The molecule has 0 aliphatic rings. The van der Waals surface area contributed by atoms with Gasteiger partial charge < -0.3 is 4.74 Å². The summed E-state index contributed by atoms with van der Waals surface area (Å²) in [6, 6.07) is 1.13. The summed E-state index contributed by atoms with van der Waals surface area (Å²) in [6.45, 7) is 1.14. The van der Waals surface area contributed by atoms with Crippen LogP contribution in [0.15, 0.2) is 6.20 Å². The van der Waals surface area contributed by atoms with Crippen LogP contribution in [0.4, 0.5) is 22.0 Å². The van der Waals surface area contributed by atoms with Crippen LogP contribution in [0.25, 0.3) is 0 Å². The Hall–Kier alpha value is -2.24. The normalized spacial score (nSPS) is 11.3. The van der Waals surface area contributed by atoms with Crippen LogP contribution in [0.2, 0.25) is 0 Å². The number of halogens is 5. The van der Waals surface area contributed by atoms with Crippen molar-refractivity contribution in [3.8, 4) is 6.07 Å². The van der Waals surface area contributed by atoms with Crippen molar-refractivity contribution in [2.24, 2.45) is 0 Å². The molecule has 0 aliphatic carbocycles. The molecule has 0 bridgehead atoms. The zero-order valence-corrected chi connectivity index (χ0v) is 9.96. The molecule has 0 atom stereocenters. The van der Waals surface area contributed by atoms with Crippen LogP contribution >= 0.6 is 0 Å². The number of hydrogen-bond acceptors (Lipinski definition) is 4. The van der Waals surface area contributed by atoms with Gasteiger partial charge in [-0.15, -0.1) is 0 Å². The number of alkyl halides is 5. The van der Waals surface area contributed by atoms with Crippen molar-refractivity contribution in [3.63, 3.8) is 0 Å². The van der Waals surface area contributed by atoms with E-state index in [1.54, 1.807) is 0 Å². The molecule has 0 unspecified atom stereocenters. The molecule has 1 heterocycles. The van der Waals surface area contributed by atoms with E-state index in [0.29, 0.717) is 6.20 Å². The number of carbonyl (C=O) groups is 1. The van der Waals surface area contributed by atoms with Gasteiger partial charge in [0.15, 0.2) is 5.69 Å². The predicted octanol–water partition coefficient (Wildman–Crippen LogP) is 3.09. The Labute approximate surface area is 109 Å². The van der Waals surface area contributed by atoms with E-state index >= 15 is 0 Å². The number of nitrogens with zero attached hydrogens (tertiary/aromatic N) is 2.